The van der Waals surface area contributed by atoms with Crippen molar-refractivity contribution in [3.05, 3.63) is 0 Å². The lowest BCUT2D eigenvalue weighted by Gasteiger charge is -2.60. The van der Waals surface area contributed by atoms with E-state index in [0.717, 1.165) is 36.7 Å². The molecule has 3 aliphatic carbocycles. The minimum atomic E-state index is 0.274. The lowest BCUT2D eigenvalue weighted by atomic mass is 9.45. The van der Waals surface area contributed by atoms with Crippen LogP contribution < -0.4 is 0 Å². The van der Waals surface area contributed by atoms with Crippen molar-refractivity contribution in [2.24, 2.45) is 40.4 Å². The second-order valence-electron chi connectivity index (χ2n) is 9.69. The molecule has 0 bridgehead atoms. The van der Waals surface area contributed by atoms with Crippen LogP contribution in [0.15, 0.2) is 0 Å². The Bertz CT molecular complexity index is 513. The van der Waals surface area contributed by atoms with E-state index in [-0.39, 0.29) is 5.41 Å². The molecule has 0 N–H and O–H groups in total. The Hall–Kier alpha value is 0.790. The maximum absolute atomic E-state index is 12.3. The lowest BCUT2D eigenvalue weighted by molar-refractivity contribution is -0.137. The van der Waals surface area contributed by atoms with Gasteiger partial charge in [0.1, 0.15) is 5.78 Å². The van der Waals surface area contributed by atoms with Gasteiger partial charge in [0, 0.05) is 5.92 Å². The fourth-order valence-electron chi connectivity index (χ4n) is 7.98. The minimum absolute atomic E-state index is 0.274. The summed E-state index contributed by atoms with van der Waals surface area (Å²) in [5.41, 5.74) is 0.663. The van der Waals surface area contributed by atoms with Gasteiger partial charge in [0.2, 0.25) is 0 Å². The molecule has 3 fully saturated rings. The third kappa shape index (κ3) is 4.38. The van der Waals surface area contributed by atoms with E-state index in [4.69, 9.17) is 4.52 Å². The van der Waals surface area contributed by atoms with Crippen LogP contribution in [0.3, 0.4) is 0 Å². The molecule has 3 saturated carbocycles. The molecule has 8 unspecified atom stereocenters. The van der Waals surface area contributed by atoms with Crippen molar-refractivity contribution in [3.63, 3.8) is 0 Å². The van der Waals surface area contributed by atoms with Gasteiger partial charge in [-0.2, -0.15) is 0 Å². The van der Waals surface area contributed by atoms with Crippen LogP contribution in [0.5, 0.6) is 0 Å². The van der Waals surface area contributed by atoms with E-state index in [1.54, 1.807) is 0 Å². The second-order valence-corrected chi connectivity index (χ2v) is 11.5. The maximum Gasteiger partial charge on any atom is 0.133 e. The van der Waals surface area contributed by atoms with Gasteiger partial charge in [-0.15, -0.1) is 0 Å². The fourth-order valence-corrected chi connectivity index (χ4v) is 8.77. The maximum atomic E-state index is 12.3. The first kappa shape index (κ1) is 25.1. The Morgan fingerprint density at radius 2 is 1.82 bits per heavy atom. The third-order valence-electron chi connectivity index (χ3n) is 8.93. The number of hydrogen-bond donors (Lipinski definition) is 0. The second kappa shape index (κ2) is 10.9. The van der Waals surface area contributed by atoms with Crippen molar-refractivity contribution >= 4 is 34.3 Å². The number of ketones is 1. The van der Waals surface area contributed by atoms with Crippen LogP contribution in [-0.4, -0.2) is 12.4 Å². The van der Waals surface area contributed by atoms with E-state index < -0.39 is 0 Å². The van der Waals surface area contributed by atoms with Gasteiger partial charge < -0.3 is 4.52 Å². The van der Waals surface area contributed by atoms with Gasteiger partial charge in [-0.3, -0.25) is 4.79 Å². The molecule has 0 aromatic heterocycles. The molecule has 0 saturated heterocycles. The van der Waals surface area contributed by atoms with Crippen LogP contribution in [0, 0.1) is 40.4 Å². The van der Waals surface area contributed by atoms with Gasteiger partial charge in [-0.25, -0.2) is 0 Å². The first-order valence-electron chi connectivity index (χ1n) is 11.9. The summed E-state index contributed by atoms with van der Waals surface area (Å²) in [7, 11) is 0. The molecule has 3 aliphatic rings. The van der Waals surface area contributed by atoms with Crippen molar-refractivity contribution < 1.29 is 9.32 Å². The van der Waals surface area contributed by atoms with Gasteiger partial charge in [-0.05, 0) is 108 Å². The van der Waals surface area contributed by atoms with Gasteiger partial charge in [0.15, 0.2) is 0 Å². The van der Waals surface area contributed by atoms with Gasteiger partial charge in [0.25, 0.3) is 0 Å². The van der Waals surface area contributed by atoms with E-state index in [1.807, 2.05) is 20.8 Å². The van der Waals surface area contributed by atoms with Crippen molar-refractivity contribution in [2.75, 3.05) is 6.61 Å². The highest BCUT2D eigenvalue weighted by molar-refractivity contribution is 14.2. The van der Waals surface area contributed by atoms with Gasteiger partial charge in [0.05, 0.1) is 13.1 Å². The topological polar surface area (TPSA) is 26.3 Å². The molecular formula is C24H44IO2P. The van der Waals surface area contributed by atoms with Crippen molar-refractivity contribution in [3.8, 4) is 0 Å². The molecule has 0 spiro atoms. The predicted molar refractivity (Wildman–Crippen MR) is 131 cm³/mol. The Balaban J connectivity index is 0.00000136. The summed E-state index contributed by atoms with van der Waals surface area (Å²) >= 11 is 2.39. The van der Waals surface area contributed by atoms with Crippen LogP contribution in [-0.2, 0) is 9.32 Å². The number of carbonyl (C=O) groups excluding carboxylic acids is 1. The molecule has 4 heteroatoms. The summed E-state index contributed by atoms with van der Waals surface area (Å²) in [4.78, 5) is 12.3. The number of Topliss-reactive ketones (excluding diaryl/α,β-unsaturated/α-hetero) is 1. The molecule has 164 valence electrons. The molecular weight excluding hydrogens is 478 g/mol. The smallest absolute Gasteiger partial charge is 0.133 e. The standard InChI is InChI=1S/C22H38IO2P.C2H6/c1-5-12-22(14-25-26-23)16(6-2)7-8-17-19-10-9-18(15(3)24)21(19,4)13-11-20(17)22;1-2/h16-20,26H,5-14H2,1-4H3;1-2H3. The molecule has 8 atom stereocenters. The first-order chi connectivity index (χ1) is 13.4. The van der Waals surface area contributed by atoms with Crippen LogP contribution >= 0.6 is 28.5 Å². The third-order valence-corrected chi connectivity index (χ3v) is 10.1. The summed E-state index contributed by atoms with van der Waals surface area (Å²) in [5, 5.41) is 0. The van der Waals surface area contributed by atoms with E-state index in [9.17, 15) is 4.79 Å². The zero-order chi connectivity index (χ0) is 20.9. The summed E-state index contributed by atoms with van der Waals surface area (Å²) in [5.74, 6) is 4.01. The highest BCUT2D eigenvalue weighted by atomic mass is 127. The highest BCUT2D eigenvalue weighted by Crippen LogP contribution is 2.67. The molecule has 0 aromatic rings. The van der Waals surface area contributed by atoms with E-state index in [2.05, 4.69) is 42.8 Å². The lowest BCUT2D eigenvalue weighted by Crippen LogP contribution is -2.54. The molecule has 0 radical (unpaired) electrons. The van der Waals surface area contributed by atoms with Gasteiger partial charge in [-0.1, -0.05) is 47.5 Å². The molecule has 0 heterocycles. The Labute approximate surface area is 189 Å². The monoisotopic (exact) mass is 522 g/mol. The van der Waals surface area contributed by atoms with Crippen molar-refractivity contribution in [1.29, 1.82) is 0 Å². The molecule has 3 rings (SSSR count). The largest absolute Gasteiger partial charge is 0.351 e. The highest BCUT2D eigenvalue weighted by Gasteiger charge is 2.60. The number of halogens is 1. The molecule has 0 aliphatic heterocycles. The number of hydrogen-bond acceptors (Lipinski definition) is 2. The SMILES string of the molecule is CC.CCCC1(COPI)C(CC)CCC2C3CCC(C(C)=O)C3(C)CCC21. The normalized spacial score (nSPS) is 42.6. The molecule has 2 nitrogen and oxygen atoms in total. The Morgan fingerprint density at radius 3 is 2.39 bits per heavy atom. The summed E-state index contributed by atoms with van der Waals surface area (Å²) in [6, 6.07) is 0. The van der Waals surface area contributed by atoms with Crippen molar-refractivity contribution in [2.45, 2.75) is 99.3 Å². The van der Waals surface area contributed by atoms with Crippen molar-refractivity contribution in [1.82, 2.24) is 0 Å². The van der Waals surface area contributed by atoms with Crippen LogP contribution in [0.4, 0.5) is 0 Å². The minimum Gasteiger partial charge on any atom is -0.351 e. The summed E-state index contributed by atoms with van der Waals surface area (Å²) in [6.07, 6.45) is 11.7. The number of rotatable bonds is 7. The average molecular weight is 522 g/mol. The summed E-state index contributed by atoms with van der Waals surface area (Å²) < 4.78 is 6.17. The zero-order valence-corrected chi connectivity index (χ0v) is 22.3. The zero-order valence-electron chi connectivity index (χ0n) is 19.2. The van der Waals surface area contributed by atoms with Crippen LogP contribution in [0.1, 0.15) is 99.3 Å². The van der Waals surface area contributed by atoms with E-state index >= 15 is 0 Å². The van der Waals surface area contributed by atoms with Crippen LogP contribution in [0.25, 0.3) is 0 Å². The quantitative estimate of drug-likeness (QED) is 0.249. The Kier molecular flexibility index (Phi) is 9.75. The van der Waals surface area contributed by atoms with E-state index in [0.29, 0.717) is 23.6 Å². The van der Waals surface area contributed by atoms with Crippen LogP contribution in [0.2, 0.25) is 0 Å². The summed E-state index contributed by atoms with van der Waals surface area (Å²) in [6.45, 7) is 14.6. The molecule has 0 aromatic carbocycles. The number of fused-ring (bicyclic) bond motifs is 3. The fraction of sp³-hybridized carbons (Fsp3) is 0.958. The average Bonchev–Trinajstić information content (AvgIpc) is 3.06. The van der Waals surface area contributed by atoms with E-state index in [1.165, 1.54) is 51.4 Å². The first-order valence-corrected chi connectivity index (χ1v) is 15.9. The Morgan fingerprint density at radius 1 is 1.11 bits per heavy atom. The predicted octanol–water partition coefficient (Wildman–Crippen LogP) is 8.23. The molecule has 0 amide bonds. The van der Waals surface area contributed by atoms with Gasteiger partial charge >= 0.3 is 0 Å². The number of carbonyl (C=O) groups is 1. The molecule has 28 heavy (non-hydrogen) atoms.